The first-order valence-corrected chi connectivity index (χ1v) is 8.14. The quantitative estimate of drug-likeness (QED) is 0.630. The van der Waals surface area contributed by atoms with E-state index in [0.717, 1.165) is 5.69 Å². The van der Waals surface area contributed by atoms with Gasteiger partial charge in [-0.15, -0.1) is 0 Å². The molecule has 26 heavy (non-hydrogen) atoms. The molecule has 0 spiro atoms. The van der Waals surface area contributed by atoms with E-state index in [1.165, 1.54) is 0 Å². The normalized spacial score (nSPS) is 11.0. The first-order chi connectivity index (χ1) is 12.2. The number of nitrogens with one attached hydrogen (secondary N) is 3. The average molecular weight is 358 g/mol. The minimum atomic E-state index is -0.976. The first-order valence-electron chi connectivity index (χ1n) is 8.14. The van der Waals surface area contributed by atoms with Gasteiger partial charge < -0.3 is 15.7 Å². The molecule has 0 radical (unpaired) electrons. The van der Waals surface area contributed by atoms with E-state index < -0.39 is 5.97 Å². The number of hydrogen-bond donors (Lipinski definition) is 4. The minimum absolute atomic E-state index is 0.0575. The second-order valence-corrected chi connectivity index (χ2v) is 6.85. The molecule has 8 heteroatoms. The van der Waals surface area contributed by atoms with E-state index in [9.17, 15) is 14.4 Å². The Labute approximate surface area is 151 Å². The highest BCUT2D eigenvalue weighted by molar-refractivity contribution is 6.03. The molecule has 138 valence electrons. The molecule has 1 heterocycles. The summed E-state index contributed by atoms with van der Waals surface area (Å²) >= 11 is 0. The number of aromatic nitrogens is 2. The number of carbonyl (C=O) groups is 3. The molecule has 0 aliphatic carbocycles. The third-order valence-corrected chi connectivity index (χ3v) is 3.65. The zero-order valence-electron chi connectivity index (χ0n) is 14.9. The summed E-state index contributed by atoms with van der Waals surface area (Å²) in [4.78, 5) is 34.6. The topological polar surface area (TPSA) is 124 Å². The maximum atomic E-state index is 12.2. The molecule has 0 saturated carbocycles. The van der Waals surface area contributed by atoms with Gasteiger partial charge in [0.05, 0.1) is 6.42 Å². The van der Waals surface area contributed by atoms with Crippen LogP contribution in [0.25, 0.3) is 0 Å². The summed E-state index contributed by atoms with van der Waals surface area (Å²) in [6.07, 6.45) is -0.139. The number of nitrogens with zero attached hydrogens (tertiary/aromatic N) is 1. The molecule has 2 rings (SSSR count). The van der Waals surface area contributed by atoms with Gasteiger partial charge in [-0.3, -0.25) is 19.5 Å². The van der Waals surface area contributed by atoms with E-state index in [2.05, 4.69) is 20.8 Å². The molecule has 2 amide bonds. The fourth-order valence-electron chi connectivity index (χ4n) is 2.11. The van der Waals surface area contributed by atoms with Gasteiger partial charge in [0, 0.05) is 28.9 Å². The maximum Gasteiger partial charge on any atom is 0.305 e. The number of carboxylic acid groups (broad SMARTS) is 1. The van der Waals surface area contributed by atoms with Crippen LogP contribution >= 0.6 is 0 Å². The van der Waals surface area contributed by atoms with Gasteiger partial charge in [-0.05, 0) is 30.3 Å². The third-order valence-electron chi connectivity index (χ3n) is 3.65. The lowest BCUT2D eigenvalue weighted by molar-refractivity contribution is -0.136. The van der Waals surface area contributed by atoms with Crippen molar-refractivity contribution in [2.45, 2.75) is 32.6 Å². The number of aliphatic carboxylic acids is 1. The lowest BCUT2D eigenvalue weighted by atomic mass is 9.92. The van der Waals surface area contributed by atoms with Gasteiger partial charge in [-0.2, -0.15) is 5.10 Å². The van der Waals surface area contributed by atoms with Crippen molar-refractivity contribution in [3.8, 4) is 0 Å². The van der Waals surface area contributed by atoms with E-state index in [0.29, 0.717) is 11.3 Å². The molecule has 0 fully saturated rings. The van der Waals surface area contributed by atoms with Crippen molar-refractivity contribution in [1.29, 1.82) is 0 Å². The lowest BCUT2D eigenvalue weighted by Crippen LogP contribution is -2.25. The van der Waals surface area contributed by atoms with Gasteiger partial charge in [0.25, 0.3) is 11.8 Å². The summed E-state index contributed by atoms with van der Waals surface area (Å²) in [7, 11) is 0. The Bertz CT molecular complexity index is 803. The largest absolute Gasteiger partial charge is 0.481 e. The number of carboxylic acids is 1. The number of H-pyrrole nitrogens is 1. The molecule has 0 aliphatic rings. The van der Waals surface area contributed by atoms with Gasteiger partial charge in [0.15, 0.2) is 5.69 Å². The van der Waals surface area contributed by atoms with Gasteiger partial charge in [-0.1, -0.05) is 20.8 Å². The van der Waals surface area contributed by atoms with E-state index in [1.54, 1.807) is 30.3 Å². The molecule has 4 N–H and O–H groups in total. The van der Waals surface area contributed by atoms with Crippen molar-refractivity contribution in [3.63, 3.8) is 0 Å². The van der Waals surface area contributed by atoms with Gasteiger partial charge in [0.1, 0.15) is 0 Å². The number of carbonyl (C=O) groups excluding carboxylic acids is 2. The zero-order chi connectivity index (χ0) is 19.3. The van der Waals surface area contributed by atoms with E-state index in [4.69, 9.17) is 5.11 Å². The molecular weight excluding hydrogens is 336 g/mol. The Hall–Kier alpha value is -3.16. The number of rotatable bonds is 6. The number of anilines is 1. The van der Waals surface area contributed by atoms with Crippen LogP contribution in [0.15, 0.2) is 30.3 Å². The highest BCUT2D eigenvalue weighted by Crippen LogP contribution is 2.20. The summed E-state index contributed by atoms with van der Waals surface area (Å²) in [5, 5.41) is 20.7. The van der Waals surface area contributed by atoms with Crippen molar-refractivity contribution in [2.75, 3.05) is 11.9 Å². The van der Waals surface area contributed by atoms with E-state index in [1.807, 2.05) is 20.8 Å². The van der Waals surface area contributed by atoms with Crippen molar-refractivity contribution in [1.82, 2.24) is 15.5 Å². The Kier molecular flexibility index (Phi) is 5.76. The number of benzene rings is 1. The van der Waals surface area contributed by atoms with Gasteiger partial charge in [-0.25, -0.2) is 0 Å². The van der Waals surface area contributed by atoms with Crippen LogP contribution < -0.4 is 10.6 Å². The van der Waals surface area contributed by atoms with Crippen molar-refractivity contribution < 1.29 is 19.5 Å². The highest BCUT2D eigenvalue weighted by atomic mass is 16.4. The predicted octanol–water partition coefficient (Wildman–Crippen LogP) is 2.16. The van der Waals surface area contributed by atoms with Crippen LogP contribution in [0, 0.1) is 0 Å². The van der Waals surface area contributed by atoms with E-state index in [-0.39, 0.29) is 35.9 Å². The van der Waals surface area contributed by atoms with Crippen molar-refractivity contribution in [2.24, 2.45) is 0 Å². The van der Waals surface area contributed by atoms with Crippen LogP contribution in [0.2, 0.25) is 0 Å². The summed E-state index contributed by atoms with van der Waals surface area (Å²) in [5.74, 6) is -1.70. The average Bonchev–Trinajstić information content (AvgIpc) is 3.05. The Morgan fingerprint density at radius 2 is 1.77 bits per heavy atom. The van der Waals surface area contributed by atoms with Gasteiger partial charge >= 0.3 is 5.97 Å². The summed E-state index contributed by atoms with van der Waals surface area (Å²) < 4.78 is 0. The van der Waals surface area contributed by atoms with Gasteiger partial charge in [0.2, 0.25) is 0 Å². The fraction of sp³-hybridized carbons (Fsp3) is 0.333. The smallest absolute Gasteiger partial charge is 0.305 e. The highest BCUT2D eigenvalue weighted by Gasteiger charge is 2.19. The fourth-order valence-corrected chi connectivity index (χ4v) is 2.11. The summed E-state index contributed by atoms with van der Waals surface area (Å²) in [6.45, 7) is 6.11. The predicted molar refractivity (Wildman–Crippen MR) is 96.3 cm³/mol. The summed E-state index contributed by atoms with van der Waals surface area (Å²) in [6, 6.07) is 8.01. The molecule has 2 aromatic rings. The monoisotopic (exact) mass is 358 g/mol. The van der Waals surface area contributed by atoms with Crippen LogP contribution in [0.4, 0.5) is 5.69 Å². The first kappa shape index (κ1) is 19.2. The van der Waals surface area contributed by atoms with E-state index >= 15 is 0 Å². The molecular formula is C18H22N4O4. The standard InChI is InChI=1S/C18H22N4O4/c1-18(2,3)14-10-13(21-22-14)17(26)20-12-6-4-11(5-7-12)16(25)19-9-8-15(23)24/h4-7,10H,8-9H2,1-3H3,(H,19,25)(H,20,26)(H,21,22)(H,23,24). The number of aromatic amines is 1. The van der Waals surface area contributed by atoms with Crippen LogP contribution in [-0.2, 0) is 10.2 Å². The lowest BCUT2D eigenvalue weighted by Gasteiger charge is -2.14. The summed E-state index contributed by atoms with van der Waals surface area (Å²) in [5.41, 5.74) is 1.91. The van der Waals surface area contributed by atoms with Crippen LogP contribution in [0.5, 0.6) is 0 Å². The molecule has 0 aliphatic heterocycles. The molecule has 0 unspecified atom stereocenters. The molecule has 0 saturated heterocycles. The SMILES string of the molecule is CC(C)(C)c1cc(C(=O)Nc2ccc(C(=O)NCCC(=O)O)cc2)n[nH]1. The molecule has 1 aromatic heterocycles. The Balaban J connectivity index is 1.96. The van der Waals surface area contributed by atoms with Crippen LogP contribution in [-0.4, -0.2) is 39.6 Å². The molecule has 1 aromatic carbocycles. The third kappa shape index (κ3) is 5.17. The number of amides is 2. The second-order valence-electron chi connectivity index (χ2n) is 6.85. The Morgan fingerprint density at radius 1 is 1.12 bits per heavy atom. The Morgan fingerprint density at radius 3 is 2.31 bits per heavy atom. The number of hydrogen-bond acceptors (Lipinski definition) is 4. The maximum absolute atomic E-state index is 12.2. The second kappa shape index (κ2) is 7.81. The minimum Gasteiger partial charge on any atom is -0.481 e. The van der Waals surface area contributed by atoms with Crippen LogP contribution in [0.1, 0.15) is 53.7 Å². The van der Waals surface area contributed by atoms with Crippen molar-refractivity contribution in [3.05, 3.63) is 47.3 Å². The molecule has 0 bridgehead atoms. The van der Waals surface area contributed by atoms with Crippen LogP contribution in [0.3, 0.4) is 0 Å². The zero-order valence-corrected chi connectivity index (χ0v) is 14.9. The molecule has 0 atom stereocenters. The molecule has 8 nitrogen and oxygen atoms in total. The van der Waals surface area contributed by atoms with Crippen molar-refractivity contribution >= 4 is 23.5 Å².